The molecular weight excluding hydrogens is 224 g/mol. The van der Waals surface area contributed by atoms with Gasteiger partial charge in [0, 0.05) is 5.54 Å². The Morgan fingerprint density at radius 1 is 1.28 bits per heavy atom. The lowest BCUT2D eigenvalue weighted by molar-refractivity contribution is -0.124. The Labute approximate surface area is 109 Å². The van der Waals surface area contributed by atoms with Crippen LogP contribution in [0.4, 0.5) is 0 Å². The second-order valence-electron chi connectivity index (χ2n) is 5.43. The molecule has 1 saturated heterocycles. The zero-order chi connectivity index (χ0) is 13.0. The van der Waals surface area contributed by atoms with Crippen molar-refractivity contribution in [3.63, 3.8) is 0 Å². The molecule has 18 heavy (non-hydrogen) atoms. The number of amides is 1. The van der Waals surface area contributed by atoms with E-state index in [-0.39, 0.29) is 17.4 Å². The number of hydrogen-bond acceptors (Lipinski definition) is 2. The fourth-order valence-electron chi connectivity index (χ4n) is 2.40. The normalized spacial score (nSPS) is 20.1. The largest absolute Gasteiger partial charge is 0.350 e. The Morgan fingerprint density at radius 3 is 2.50 bits per heavy atom. The second kappa shape index (κ2) is 5.53. The van der Waals surface area contributed by atoms with E-state index in [1.54, 1.807) is 0 Å². The minimum atomic E-state index is -0.0853. The van der Waals surface area contributed by atoms with Crippen molar-refractivity contribution in [2.75, 3.05) is 13.1 Å². The van der Waals surface area contributed by atoms with E-state index in [0.29, 0.717) is 0 Å². The molecule has 3 heteroatoms. The van der Waals surface area contributed by atoms with Crippen LogP contribution in [0.2, 0.25) is 0 Å². The molecule has 2 rings (SSSR count). The summed E-state index contributed by atoms with van der Waals surface area (Å²) >= 11 is 0. The maximum atomic E-state index is 12.3. The summed E-state index contributed by atoms with van der Waals surface area (Å²) in [5, 5.41) is 6.54. The lowest BCUT2D eigenvalue weighted by atomic mass is 9.89. The number of piperidine rings is 1. The fourth-order valence-corrected chi connectivity index (χ4v) is 2.40. The lowest BCUT2D eigenvalue weighted by Crippen LogP contribution is -2.53. The van der Waals surface area contributed by atoms with Crippen molar-refractivity contribution >= 4 is 5.91 Å². The van der Waals surface area contributed by atoms with E-state index < -0.39 is 0 Å². The lowest BCUT2D eigenvalue weighted by Gasteiger charge is -2.35. The van der Waals surface area contributed by atoms with E-state index in [9.17, 15) is 4.79 Å². The molecule has 98 valence electrons. The Bertz CT molecular complexity index is 396. The van der Waals surface area contributed by atoms with Gasteiger partial charge in [-0.05, 0) is 45.3 Å². The summed E-state index contributed by atoms with van der Waals surface area (Å²) in [6.07, 6.45) is 2.00. The maximum absolute atomic E-state index is 12.3. The molecule has 2 N–H and O–H groups in total. The van der Waals surface area contributed by atoms with Gasteiger partial charge in [0.15, 0.2) is 0 Å². The van der Waals surface area contributed by atoms with E-state index in [0.717, 1.165) is 31.5 Å². The van der Waals surface area contributed by atoms with Crippen LogP contribution in [0.3, 0.4) is 0 Å². The number of benzene rings is 1. The van der Waals surface area contributed by atoms with Crippen LogP contribution in [-0.4, -0.2) is 24.5 Å². The van der Waals surface area contributed by atoms with Gasteiger partial charge < -0.3 is 10.6 Å². The Hall–Kier alpha value is -1.35. The van der Waals surface area contributed by atoms with E-state index in [2.05, 4.69) is 17.6 Å². The zero-order valence-electron chi connectivity index (χ0n) is 11.2. The van der Waals surface area contributed by atoms with Crippen LogP contribution >= 0.6 is 0 Å². The summed E-state index contributed by atoms with van der Waals surface area (Å²) in [5.41, 5.74) is 1.03. The van der Waals surface area contributed by atoms with Gasteiger partial charge >= 0.3 is 0 Å². The molecule has 0 bridgehead atoms. The fraction of sp³-hybridized carbons (Fsp3) is 0.533. The highest BCUT2D eigenvalue weighted by molar-refractivity contribution is 5.83. The Kier molecular flexibility index (Phi) is 4.02. The van der Waals surface area contributed by atoms with Crippen molar-refractivity contribution in [2.24, 2.45) is 0 Å². The van der Waals surface area contributed by atoms with Gasteiger partial charge in [0.2, 0.25) is 5.91 Å². The molecule has 0 radical (unpaired) electrons. The molecule has 1 heterocycles. The van der Waals surface area contributed by atoms with E-state index in [1.807, 2.05) is 37.3 Å². The quantitative estimate of drug-likeness (QED) is 0.857. The average molecular weight is 246 g/mol. The van der Waals surface area contributed by atoms with Crippen molar-refractivity contribution < 1.29 is 4.79 Å². The second-order valence-corrected chi connectivity index (χ2v) is 5.43. The third-order valence-electron chi connectivity index (χ3n) is 3.82. The first-order valence-corrected chi connectivity index (χ1v) is 6.68. The zero-order valence-corrected chi connectivity index (χ0v) is 11.2. The minimum Gasteiger partial charge on any atom is -0.350 e. The topological polar surface area (TPSA) is 41.1 Å². The summed E-state index contributed by atoms with van der Waals surface area (Å²) in [4.78, 5) is 12.3. The van der Waals surface area contributed by atoms with Gasteiger partial charge in [0.25, 0.3) is 0 Å². The highest BCUT2D eigenvalue weighted by Gasteiger charge is 2.30. The van der Waals surface area contributed by atoms with Crippen LogP contribution in [0.25, 0.3) is 0 Å². The van der Waals surface area contributed by atoms with Crippen LogP contribution in [0.5, 0.6) is 0 Å². The van der Waals surface area contributed by atoms with Crippen molar-refractivity contribution in [3.8, 4) is 0 Å². The van der Waals surface area contributed by atoms with Gasteiger partial charge in [-0.15, -0.1) is 0 Å². The maximum Gasteiger partial charge on any atom is 0.227 e. The summed E-state index contributed by atoms with van der Waals surface area (Å²) < 4.78 is 0. The molecule has 1 atom stereocenters. The molecule has 1 aliphatic rings. The molecule has 1 aromatic carbocycles. The average Bonchev–Trinajstić information content (AvgIpc) is 2.39. The van der Waals surface area contributed by atoms with Crippen molar-refractivity contribution in [2.45, 2.75) is 38.1 Å². The highest BCUT2D eigenvalue weighted by atomic mass is 16.2. The number of carbonyl (C=O) groups excluding carboxylic acids is 1. The SMILES string of the molecule is CC(C(=O)NC1(C)CCNCC1)c1ccccc1. The van der Waals surface area contributed by atoms with E-state index in [4.69, 9.17) is 0 Å². The first kappa shape index (κ1) is 13.1. The van der Waals surface area contributed by atoms with Crippen molar-refractivity contribution in [1.82, 2.24) is 10.6 Å². The van der Waals surface area contributed by atoms with Crippen LogP contribution in [0.15, 0.2) is 30.3 Å². The van der Waals surface area contributed by atoms with E-state index in [1.165, 1.54) is 0 Å². The van der Waals surface area contributed by atoms with Crippen molar-refractivity contribution in [3.05, 3.63) is 35.9 Å². The summed E-state index contributed by atoms with van der Waals surface area (Å²) in [5.74, 6) is 0.0449. The summed E-state index contributed by atoms with van der Waals surface area (Å²) in [6.45, 7) is 6.07. The molecule has 1 unspecified atom stereocenters. The van der Waals surface area contributed by atoms with Crippen molar-refractivity contribution in [1.29, 1.82) is 0 Å². The molecule has 1 aliphatic heterocycles. The molecule has 0 aliphatic carbocycles. The minimum absolute atomic E-state index is 0.0502. The standard InChI is InChI=1S/C15H22N2O/c1-12(13-6-4-3-5-7-13)14(18)17-15(2)8-10-16-11-9-15/h3-7,12,16H,8-11H2,1-2H3,(H,17,18). The van der Waals surface area contributed by atoms with Crippen LogP contribution in [0, 0.1) is 0 Å². The van der Waals surface area contributed by atoms with Gasteiger partial charge in [-0.3, -0.25) is 4.79 Å². The third-order valence-corrected chi connectivity index (χ3v) is 3.82. The van der Waals surface area contributed by atoms with Gasteiger partial charge in [0.05, 0.1) is 5.92 Å². The predicted octanol–water partition coefficient (Wildman–Crippen LogP) is 2.05. The molecule has 0 saturated carbocycles. The van der Waals surface area contributed by atoms with E-state index >= 15 is 0 Å². The first-order chi connectivity index (χ1) is 8.61. The smallest absolute Gasteiger partial charge is 0.227 e. The number of hydrogen-bond donors (Lipinski definition) is 2. The van der Waals surface area contributed by atoms with Gasteiger partial charge in [-0.25, -0.2) is 0 Å². The summed E-state index contributed by atoms with van der Waals surface area (Å²) in [7, 11) is 0. The van der Waals surface area contributed by atoms with Crippen LogP contribution < -0.4 is 10.6 Å². The third kappa shape index (κ3) is 3.10. The van der Waals surface area contributed by atoms with Gasteiger partial charge in [-0.1, -0.05) is 30.3 Å². The first-order valence-electron chi connectivity index (χ1n) is 6.68. The predicted molar refractivity (Wildman–Crippen MR) is 73.5 cm³/mol. The summed E-state index contributed by atoms with van der Waals surface area (Å²) in [6, 6.07) is 9.95. The monoisotopic (exact) mass is 246 g/mol. The highest BCUT2D eigenvalue weighted by Crippen LogP contribution is 2.21. The number of nitrogens with one attached hydrogen (secondary N) is 2. The molecule has 1 aromatic rings. The Morgan fingerprint density at radius 2 is 1.89 bits per heavy atom. The number of carbonyl (C=O) groups is 1. The van der Waals surface area contributed by atoms with Crippen LogP contribution in [-0.2, 0) is 4.79 Å². The molecular formula is C15H22N2O. The van der Waals surface area contributed by atoms with Gasteiger partial charge in [-0.2, -0.15) is 0 Å². The Balaban J connectivity index is 1.99. The van der Waals surface area contributed by atoms with Gasteiger partial charge in [0.1, 0.15) is 0 Å². The molecule has 3 nitrogen and oxygen atoms in total. The molecule has 1 fully saturated rings. The molecule has 1 amide bonds. The van der Waals surface area contributed by atoms with Crippen LogP contribution in [0.1, 0.15) is 38.2 Å². The molecule has 0 aromatic heterocycles. The molecule has 0 spiro atoms. The number of rotatable bonds is 3.